The summed E-state index contributed by atoms with van der Waals surface area (Å²) in [4.78, 5) is 24.8. The molecule has 0 bridgehead atoms. The van der Waals surface area contributed by atoms with Crippen molar-refractivity contribution in [1.29, 1.82) is 0 Å². The van der Waals surface area contributed by atoms with Gasteiger partial charge < -0.3 is 20.1 Å². The zero-order valence-corrected chi connectivity index (χ0v) is 18.2. The van der Waals surface area contributed by atoms with Crippen LogP contribution >= 0.6 is 0 Å². The Kier molecular flexibility index (Phi) is 9.19. The third-order valence-electron chi connectivity index (χ3n) is 4.65. The van der Waals surface area contributed by atoms with E-state index in [2.05, 4.69) is 10.6 Å². The largest absolute Gasteiger partial charge is 0.481 e. The highest BCUT2D eigenvalue weighted by molar-refractivity contribution is 5.82. The van der Waals surface area contributed by atoms with Crippen molar-refractivity contribution in [2.24, 2.45) is 0 Å². The molecule has 0 spiro atoms. The predicted octanol–water partition coefficient (Wildman–Crippen LogP) is 3.55. The Labute approximate surface area is 179 Å². The van der Waals surface area contributed by atoms with Gasteiger partial charge in [-0.05, 0) is 51.0 Å². The van der Waals surface area contributed by atoms with E-state index < -0.39 is 12.2 Å². The second kappa shape index (κ2) is 11.9. The molecule has 6 nitrogen and oxygen atoms in total. The predicted molar refractivity (Wildman–Crippen MR) is 118 cm³/mol. The van der Waals surface area contributed by atoms with Crippen LogP contribution in [0.5, 0.6) is 11.5 Å². The molecule has 0 aliphatic carbocycles. The average Bonchev–Trinajstić information content (AvgIpc) is 2.75. The monoisotopic (exact) mass is 412 g/mol. The lowest BCUT2D eigenvalue weighted by Crippen LogP contribution is -2.44. The van der Waals surface area contributed by atoms with E-state index in [-0.39, 0.29) is 11.8 Å². The lowest BCUT2D eigenvalue weighted by molar-refractivity contribution is -0.129. The number of rotatable bonds is 11. The lowest BCUT2D eigenvalue weighted by Gasteiger charge is -2.19. The summed E-state index contributed by atoms with van der Waals surface area (Å²) in [5.74, 6) is 0.926. The Hall–Kier alpha value is -3.02. The van der Waals surface area contributed by atoms with Gasteiger partial charge in [0.25, 0.3) is 11.8 Å². The minimum absolute atomic E-state index is 0.199. The third-order valence-corrected chi connectivity index (χ3v) is 4.65. The van der Waals surface area contributed by atoms with E-state index in [4.69, 9.17) is 9.47 Å². The molecular weight excluding hydrogens is 380 g/mol. The number of amides is 2. The second-order valence-electron chi connectivity index (χ2n) is 7.24. The van der Waals surface area contributed by atoms with Gasteiger partial charge in [-0.3, -0.25) is 9.59 Å². The number of nitrogens with one attached hydrogen (secondary N) is 2. The number of ether oxygens (including phenoxy) is 2. The van der Waals surface area contributed by atoms with Crippen LogP contribution in [0.4, 0.5) is 0 Å². The van der Waals surface area contributed by atoms with Crippen LogP contribution in [0.2, 0.25) is 0 Å². The first kappa shape index (κ1) is 23.3. The van der Waals surface area contributed by atoms with Crippen LogP contribution in [0, 0.1) is 13.8 Å². The van der Waals surface area contributed by atoms with Gasteiger partial charge in [-0.25, -0.2) is 0 Å². The summed E-state index contributed by atoms with van der Waals surface area (Å²) in [6.45, 7) is 8.43. The van der Waals surface area contributed by atoms with Crippen molar-refractivity contribution in [3.63, 3.8) is 0 Å². The van der Waals surface area contributed by atoms with Crippen molar-refractivity contribution >= 4 is 11.8 Å². The van der Waals surface area contributed by atoms with Crippen molar-refractivity contribution in [1.82, 2.24) is 10.6 Å². The average molecular weight is 413 g/mol. The molecule has 0 unspecified atom stereocenters. The van der Waals surface area contributed by atoms with Crippen LogP contribution in [-0.2, 0) is 9.59 Å². The fourth-order valence-corrected chi connectivity index (χ4v) is 2.81. The van der Waals surface area contributed by atoms with Crippen molar-refractivity contribution in [2.75, 3.05) is 13.1 Å². The van der Waals surface area contributed by atoms with Gasteiger partial charge in [-0.1, -0.05) is 49.2 Å². The van der Waals surface area contributed by atoms with E-state index in [0.717, 1.165) is 11.1 Å². The summed E-state index contributed by atoms with van der Waals surface area (Å²) < 4.78 is 11.5. The fraction of sp³-hybridized carbons (Fsp3) is 0.417. The lowest BCUT2D eigenvalue weighted by atomic mass is 10.2. The molecule has 2 aromatic rings. The highest BCUT2D eigenvalue weighted by Crippen LogP contribution is 2.15. The molecule has 0 saturated carbocycles. The van der Waals surface area contributed by atoms with Gasteiger partial charge in [0.2, 0.25) is 0 Å². The quantitative estimate of drug-likeness (QED) is 0.554. The number of carbonyl (C=O) groups excluding carboxylic acids is 2. The van der Waals surface area contributed by atoms with Gasteiger partial charge in [0.1, 0.15) is 11.5 Å². The van der Waals surface area contributed by atoms with Gasteiger partial charge in [0, 0.05) is 13.1 Å². The first-order chi connectivity index (χ1) is 14.4. The van der Waals surface area contributed by atoms with Gasteiger partial charge in [0.05, 0.1) is 0 Å². The zero-order chi connectivity index (χ0) is 21.9. The number of hydrogen-bond donors (Lipinski definition) is 2. The molecule has 0 fully saturated rings. The topological polar surface area (TPSA) is 76.7 Å². The molecule has 2 amide bonds. The van der Waals surface area contributed by atoms with Crippen LogP contribution in [0.15, 0.2) is 48.5 Å². The highest BCUT2D eigenvalue weighted by Gasteiger charge is 2.20. The van der Waals surface area contributed by atoms with E-state index in [1.54, 1.807) is 0 Å². The summed E-state index contributed by atoms with van der Waals surface area (Å²) >= 11 is 0. The van der Waals surface area contributed by atoms with Crippen molar-refractivity contribution < 1.29 is 19.1 Å². The Morgan fingerprint density at radius 1 is 0.700 bits per heavy atom. The van der Waals surface area contributed by atoms with Gasteiger partial charge in [-0.2, -0.15) is 0 Å². The van der Waals surface area contributed by atoms with Gasteiger partial charge >= 0.3 is 0 Å². The van der Waals surface area contributed by atoms with Crippen LogP contribution in [0.25, 0.3) is 0 Å². The van der Waals surface area contributed by atoms with Gasteiger partial charge in [0.15, 0.2) is 12.2 Å². The normalized spacial score (nSPS) is 12.5. The van der Waals surface area contributed by atoms with Crippen LogP contribution < -0.4 is 20.1 Å². The number of carbonyl (C=O) groups is 2. The molecule has 2 aromatic carbocycles. The van der Waals surface area contributed by atoms with E-state index in [1.807, 2.05) is 76.2 Å². The molecule has 2 rings (SSSR count). The molecule has 0 heterocycles. The van der Waals surface area contributed by atoms with E-state index >= 15 is 0 Å². The first-order valence-electron chi connectivity index (χ1n) is 10.4. The maximum absolute atomic E-state index is 12.4. The fourth-order valence-electron chi connectivity index (χ4n) is 2.81. The number of aryl methyl sites for hydroxylation is 2. The Morgan fingerprint density at radius 2 is 1.03 bits per heavy atom. The molecule has 0 saturated heterocycles. The number of hydrogen-bond acceptors (Lipinski definition) is 4. The molecule has 6 heteroatoms. The summed E-state index contributed by atoms with van der Waals surface area (Å²) in [5, 5.41) is 5.63. The summed E-state index contributed by atoms with van der Waals surface area (Å²) in [5.41, 5.74) is 2.26. The summed E-state index contributed by atoms with van der Waals surface area (Å²) in [6.07, 6.45) is -0.0451. The van der Waals surface area contributed by atoms with Crippen LogP contribution in [0.1, 0.15) is 37.8 Å². The zero-order valence-electron chi connectivity index (χ0n) is 18.2. The van der Waals surface area contributed by atoms with Crippen molar-refractivity contribution in [3.05, 3.63) is 59.7 Å². The maximum atomic E-state index is 12.4. The van der Waals surface area contributed by atoms with Crippen LogP contribution in [0.3, 0.4) is 0 Å². The van der Waals surface area contributed by atoms with Crippen LogP contribution in [-0.4, -0.2) is 37.1 Å². The molecule has 0 aromatic heterocycles. The molecule has 162 valence electrons. The van der Waals surface area contributed by atoms with Gasteiger partial charge in [-0.15, -0.1) is 0 Å². The highest BCUT2D eigenvalue weighted by atomic mass is 16.5. The first-order valence-corrected chi connectivity index (χ1v) is 10.4. The van der Waals surface area contributed by atoms with E-state index in [9.17, 15) is 9.59 Å². The van der Waals surface area contributed by atoms with E-state index in [1.165, 1.54) is 0 Å². The Balaban J connectivity index is 1.74. The standard InChI is InChI=1S/C24H32N2O4/c1-5-21(29-19-11-7-17(3)8-12-19)23(27)25-15-16-26-24(28)22(6-2)30-20-13-9-18(4)10-14-20/h7-14,21-22H,5-6,15-16H2,1-4H3,(H,25,27)(H,26,28)/t21-,22-/m1/s1. The van der Waals surface area contributed by atoms with E-state index in [0.29, 0.717) is 37.4 Å². The van der Waals surface area contributed by atoms with Crippen molar-refractivity contribution in [3.8, 4) is 11.5 Å². The Morgan fingerprint density at radius 3 is 1.33 bits per heavy atom. The number of benzene rings is 2. The third kappa shape index (κ3) is 7.43. The molecule has 0 aliphatic rings. The second-order valence-corrected chi connectivity index (χ2v) is 7.24. The smallest absolute Gasteiger partial charge is 0.261 e. The summed E-state index contributed by atoms with van der Waals surface area (Å²) in [6, 6.07) is 15.2. The molecular formula is C24H32N2O4. The summed E-state index contributed by atoms with van der Waals surface area (Å²) in [7, 11) is 0. The van der Waals surface area contributed by atoms with Crippen molar-refractivity contribution in [2.45, 2.75) is 52.7 Å². The molecule has 30 heavy (non-hydrogen) atoms. The minimum Gasteiger partial charge on any atom is -0.481 e. The Bertz CT molecular complexity index is 733. The molecule has 0 aliphatic heterocycles. The maximum Gasteiger partial charge on any atom is 0.261 e. The molecule has 0 radical (unpaired) electrons. The molecule has 2 atom stereocenters. The molecule has 2 N–H and O–H groups in total. The minimum atomic E-state index is -0.573. The SMILES string of the molecule is CC[C@@H](Oc1ccc(C)cc1)C(=O)NCCNC(=O)[C@@H](CC)Oc1ccc(C)cc1.